The summed E-state index contributed by atoms with van der Waals surface area (Å²) in [6.45, 7) is 0. The molecule has 0 unspecified atom stereocenters. The molecule has 2 N–H and O–H groups in total. The molecule has 0 saturated heterocycles. The molecule has 1 fully saturated rings. The van der Waals surface area contributed by atoms with E-state index in [1.165, 1.54) is 0 Å². The number of carbonyl (C=O) groups is 2. The lowest BCUT2D eigenvalue weighted by Gasteiger charge is -2.11. The lowest BCUT2D eigenvalue weighted by atomic mass is 10.1. The Balaban J connectivity index is 1.51. The minimum absolute atomic E-state index is 0.144. The summed E-state index contributed by atoms with van der Waals surface area (Å²) in [5.74, 6) is 0.657. The summed E-state index contributed by atoms with van der Waals surface area (Å²) in [6.07, 6.45) is 3.70. The first-order valence-corrected chi connectivity index (χ1v) is 11.7. The van der Waals surface area contributed by atoms with Gasteiger partial charge >= 0.3 is 0 Å². The molecule has 8 heteroatoms. The molecular weight excluding hydrogens is 456 g/mol. The molecule has 1 aliphatic rings. The van der Waals surface area contributed by atoms with Crippen LogP contribution in [-0.4, -0.2) is 41.9 Å². The average molecular weight is 483 g/mol. The largest absolute Gasteiger partial charge is 0.497 e. The van der Waals surface area contributed by atoms with E-state index >= 15 is 0 Å². The summed E-state index contributed by atoms with van der Waals surface area (Å²) in [6, 6.07) is 22.1. The number of anilines is 1. The van der Waals surface area contributed by atoms with Gasteiger partial charge in [0.05, 0.1) is 25.5 Å². The standard InChI is InChI=1S/C28H26N4O4/c1-35-22-13-14-23(25(16-22)36-2)26-24(17-32(31-26)21-9-4-3-5-10-21)28(34)30-20-8-6-7-18(15-20)27(33)29-19-11-12-19/h3-10,13-17,19H,11-12H2,1-2H3,(H,29,33)(H,30,34). The van der Waals surface area contributed by atoms with E-state index in [2.05, 4.69) is 10.6 Å². The number of nitrogens with one attached hydrogen (secondary N) is 2. The molecule has 1 aromatic heterocycles. The zero-order valence-electron chi connectivity index (χ0n) is 20.0. The zero-order chi connectivity index (χ0) is 25.1. The second kappa shape index (κ2) is 9.95. The molecule has 5 rings (SSSR count). The third kappa shape index (κ3) is 4.93. The highest BCUT2D eigenvalue weighted by atomic mass is 16.5. The molecule has 0 bridgehead atoms. The summed E-state index contributed by atoms with van der Waals surface area (Å²) in [5.41, 5.74) is 3.29. The first-order chi connectivity index (χ1) is 17.6. The van der Waals surface area contributed by atoms with Gasteiger partial charge in [-0.2, -0.15) is 5.10 Å². The van der Waals surface area contributed by atoms with Gasteiger partial charge in [-0.1, -0.05) is 24.3 Å². The molecule has 0 aliphatic heterocycles. The summed E-state index contributed by atoms with van der Waals surface area (Å²) >= 11 is 0. The maximum Gasteiger partial charge on any atom is 0.259 e. The molecule has 0 atom stereocenters. The number of ether oxygens (including phenoxy) is 2. The van der Waals surface area contributed by atoms with Gasteiger partial charge in [-0.05, 0) is 55.3 Å². The van der Waals surface area contributed by atoms with Crippen molar-refractivity contribution in [3.8, 4) is 28.4 Å². The highest BCUT2D eigenvalue weighted by molar-refractivity contribution is 6.09. The number of rotatable bonds is 8. The first-order valence-electron chi connectivity index (χ1n) is 11.7. The molecular formula is C28H26N4O4. The van der Waals surface area contributed by atoms with Crippen LogP contribution in [-0.2, 0) is 0 Å². The molecule has 0 radical (unpaired) electrons. The number of para-hydroxylation sites is 1. The molecule has 4 aromatic rings. The van der Waals surface area contributed by atoms with Crippen LogP contribution in [0.5, 0.6) is 11.5 Å². The average Bonchev–Trinajstić information content (AvgIpc) is 3.62. The van der Waals surface area contributed by atoms with Gasteiger partial charge in [0.2, 0.25) is 0 Å². The topological polar surface area (TPSA) is 94.5 Å². The summed E-state index contributed by atoms with van der Waals surface area (Å²) < 4.78 is 12.6. The van der Waals surface area contributed by atoms with E-state index in [9.17, 15) is 9.59 Å². The monoisotopic (exact) mass is 482 g/mol. The van der Waals surface area contributed by atoms with Gasteiger partial charge < -0.3 is 20.1 Å². The van der Waals surface area contributed by atoms with Gasteiger partial charge in [-0.3, -0.25) is 9.59 Å². The molecule has 1 aliphatic carbocycles. The van der Waals surface area contributed by atoms with Crippen LogP contribution in [0.15, 0.2) is 79.0 Å². The summed E-state index contributed by atoms with van der Waals surface area (Å²) in [4.78, 5) is 26.0. The number of benzene rings is 3. The molecule has 1 saturated carbocycles. The van der Waals surface area contributed by atoms with Crippen molar-refractivity contribution >= 4 is 17.5 Å². The van der Waals surface area contributed by atoms with Crippen molar-refractivity contribution in [1.29, 1.82) is 0 Å². The van der Waals surface area contributed by atoms with Crippen LogP contribution in [0.2, 0.25) is 0 Å². The molecule has 3 aromatic carbocycles. The number of carbonyl (C=O) groups excluding carboxylic acids is 2. The van der Waals surface area contributed by atoms with Crippen molar-refractivity contribution in [2.24, 2.45) is 0 Å². The maximum atomic E-state index is 13.5. The molecule has 36 heavy (non-hydrogen) atoms. The fraction of sp³-hybridized carbons (Fsp3) is 0.179. The van der Waals surface area contributed by atoms with Gasteiger partial charge in [0.15, 0.2) is 0 Å². The Morgan fingerprint density at radius 2 is 1.72 bits per heavy atom. The molecule has 1 heterocycles. The van der Waals surface area contributed by atoms with Crippen LogP contribution in [0.25, 0.3) is 16.9 Å². The smallest absolute Gasteiger partial charge is 0.259 e. The number of nitrogens with zero attached hydrogens (tertiary/aromatic N) is 2. The minimum Gasteiger partial charge on any atom is -0.497 e. The SMILES string of the molecule is COc1ccc(-c2nn(-c3ccccc3)cc2C(=O)Nc2cccc(C(=O)NC3CC3)c2)c(OC)c1. The van der Waals surface area contributed by atoms with E-state index in [4.69, 9.17) is 14.6 Å². The highest BCUT2D eigenvalue weighted by Crippen LogP contribution is 2.35. The van der Waals surface area contributed by atoms with Crippen LogP contribution in [0.4, 0.5) is 5.69 Å². The molecule has 8 nitrogen and oxygen atoms in total. The first kappa shape index (κ1) is 23.2. The predicted molar refractivity (Wildman–Crippen MR) is 137 cm³/mol. The van der Waals surface area contributed by atoms with Crippen molar-refractivity contribution < 1.29 is 19.1 Å². The maximum absolute atomic E-state index is 13.5. The van der Waals surface area contributed by atoms with Gasteiger partial charge in [-0.25, -0.2) is 4.68 Å². The van der Waals surface area contributed by atoms with Gasteiger partial charge in [-0.15, -0.1) is 0 Å². The van der Waals surface area contributed by atoms with Crippen LogP contribution >= 0.6 is 0 Å². The van der Waals surface area contributed by atoms with E-state index in [-0.39, 0.29) is 17.9 Å². The van der Waals surface area contributed by atoms with Crippen molar-refractivity contribution in [1.82, 2.24) is 15.1 Å². The third-order valence-corrected chi connectivity index (χ3v) is 5.94. The quantitative estimate of drug-likeness (QED) is 0.380. The Labute approximate surface area is 208 Å². The summed E-state index contributed by atoms with van der Waals surface area (Å²) in [5, 5.41) is 10.6. The number of methoxy groups -OCH3 is 2. The normalized spacial score (nSPS) is 12.6. The second-order valence-electron chi connectivity index (χ2n) is 8.52. The van der Waals surface area contributed by atoms with Crippen molar-refractivity contribution in [2.45, 2.75) is 18.9 Å². The summed E-state index contributed by atoms with van der Waals surface area (Å²) in [7, 11) is 3.14. The van der Waals surface area contributed by atoms with E-state index in [1.807, 2.05) is 36.4 Å². The third-order valence-electron chi connectivity index (χ3n) is 5.94. The lowest BCUT2D eigenvalue weighted by molar-refractivity contribution is 0.0949. The van der Waals surface area contributed by atoms with Crippen molar-refractivity contribution in [2.75, 3.05) is 19.5 Å². The highest BCUT2D eigenvalue weighted by Gasteiger charge is 2.25. The van der Waals surface area contributed by atoms with Crippen molar-refractivity contribution in [3.63, 3.8) is 0 Å². The van der Waals surface area contributed by atoms with Crippen LogP contribution in [0.3, 0.4) is 0 Å². The number of amides is 2. The van der Waals surface area contributed by atoms with Crippen LogP contribution in [0, 0.1) is 0 Å². The van der Waals surface area contributed by atoms with Gasteiger partial charge in [0.1, 0.15) is 17.2 Å². The van der Waals surface area contributed by atoms with Gasteiger partial charge in [0, 0.05) is 35.1 Å². The molecule has 2 amide bonds. The van der Waals surface area contributed by atoms with E-state index < -0.39 is 0 Å². The zero-order valence-corrected chi connectivity index (χ0v) is 20.0. The molecule has 0 spiro atoms. The Bertz CT molecular complexity index is 1410. The Kier molecular flexibility index (Phi) is 6.40. The molecule has 182 valence electrons. The van der Waals surface area contributed by atoms with E-state index in [0.717, 1.165) is 18.5 Å². The predicted octanol–water partition coefficient (Wildman–Crippen LogP) is 4.70. The Morgan fingerprint density at radius 1 is 0.917 bits per heavy atom. The minimum atomic E-state index is -0.357. The number of hydrogen-bond acceptors (Lipinski definition) is 5. The van der Waals surface area contributed by atoms with Gasteiger partial charge in [0.25, 0.3) is 11.8 Å². The Morgan fingerprint density at radius 3 is 2.44 bits per heavy atom. The Hall–Kier alpha value is -4.59. The lowest BCUT2D eigenvalue weighted by Crippen LogP contribution is -2.25. The second-order valence-corrected chi connectivity index (χ2v) is 8.52. The fourth-order valence-corrected chi connectivity index (χ4v) is 3.88. The van der Waals surface area contributed by atoms with E-state index in [1.54, 1.807) is 61.5 Å². The van der Waals surface area contributed by atoms with Crippen LogP contribution < -0.4 is 20.1 Å². The van der Waals surface area contributed by atoms with E-state index in [0.29, 0.717) is 39.6 Å². The number of aromatic nitrogens is 2. The van der Waals surface area contributed by atoms with Crippen molar-refractivity contribution in [3.05, 3.63) is 90.1 Å². The van der Waals surface area contributed by atoms with Crippen LogP contribution in [0.1, 0.15) is 33.6 Å². The fourth-order valence-electron chi connectivity index (χ4n) is 3.88. The number of hydrogen-bond donors (Lipinski definition) is 2.